The van der Waals surface area contributed by atoms with Gasteiger partial charge in [0.25, 0.3) is 0 Å². The Morgan fingerprint density at radius 2 is 1.65 bits per heavy atom. The maximum Gasteiger partial charge on any atom is 0.328 e. The van der Waals surface area contributed by atoms with Gasteiger partial charge >= 0.3 is 6.03 Å². The lowest BCUT2D eigenvalue weighted by Gasteiger charge is -2.27. The summed E-state index contributed by atoms with van der Waals surface area (Å²) in [6.07, 6.45) is 0. The summed E-state index contributed by atoms with van der Waals surface area (Å²) in [5.41, 5.74) is 7.63. The summed E-state index contributed by atoms with van der Waals surface area (Å²) in [5, 5.41) is 10.5. The summed E-state index contributed by atoms with van der Waals surface area (Å²) < 4.78 is 11.3. The Bertz CT molecular complexity index is 557. The van der Waals surface area contributed by atoms with Gasteiger partial charge in [-0.15, -0.1) is 0 Å². The van der Waals surface area contributed by atoms with Crippen LogP contribution in [0.4, 0.5) is 10.5 Å². The van der Waals surface area contributed by atoms with Gasteiger partial charge in [-0.05, 0) is 34.6 Å². The summed E-state index contributed by atoms with van der Waals surface area (Å²) in [6, 6.07) is 1.35. The lowest BCUT2D eigenvalue weighted by Crippen LogP contribution is -2.47. The Balaban J connectivity index is 3.56. The monoisotopic (exact) mass is 322 g/mol. The molecule has 0 atom stereocenters. The van der Waals surface area contributed by atoms with Crippen LogP contribution in [0.3, 0.4) is 0 Å². The number of carbonyl (C=O) groups excluding carboxylic acids is 1. The van der Waals surface area contributed by atoms with Gasteiger partial charge in [0.15, 0.2) is 0 Å². The first-order valence-electron chi connectivity index (χ1n) is 7.70. The molecule has 7 nitrogen and oxygen atoms in total. The lowest BCUT2D eigenvalue weighted by molar-refractivity contribution is 0.249. The summed E-state index contributed by atoms with van der Waals surface area (Å²) in [4.78, 5) is 13.5. The van der Waals surface area contributed by atoms with Crippen LogP contribution in [0, 0.1) is 19.3 Å². The number of amides is 2. The second-order valence-corrected chi connectivity index (χ2v) is 4.89. The summed E-state index contributed by atoms with van der Waals surface area (Å²) >= 11 is 0. The van der Waals surface area contributed by atoms with E-state index in [1.165, 1.54) is 0 Å². The number of guanidine groups is 1. The molecule has 0 heterocycles. The van der Waals surface area contributed by atoms with Crippen molar-refractivity contribution in [2.75, 3.05) is 24.7 Å². The van der Waals surface area contributed by atoms with Crippen LogP contribution < -0.4 is 25.4 Å². The lowest BCUT2D eigenvalue weighted by atomic mass is 10.1. The molecule has 0 radical (unpaired) electrons. The van der Waals surface area contributed by atoms with Gasteiger partial charge in [0.05, 0.1) is 18.9 Å². The van der Waals surface area contributed by atoms with Crippen LogP contribution in [-0.2, 0) is 0 Å². The quantitative estimate of drug-likeness (QED) is 0.553. The number of rotatable bonds is 6. The van der Waals surface area contributed by atoms with Gasteiger partial charge in [-0.25, -0.2) is 9.69 Å². The van der Waals surface area contributed by atoms with Gasteiger partial charge in [0.2, 0.25) is 5.96 Å². The summed E-state index contributed by atoms with van der Waals surface area (Å²) in [5.74, 6) is 0.845. The van der Waals surface area contributed by atoms with Crippen molar-refractivity contribution in [3.05, 3.63) is 17.2 Å². The van der Waals surface area contributed by atoms with Crippen LogP contribution >= 0.6 is 0 Å². The van der Waals surface area contributed by atoms with Crippen molar-refractivity contribution in [2.24, 2.45) is 5.73 Å². The standard InChI is InChI=1S/C16H26N4O3/c1-6-19-16(21)20(15(17)18)14-10(4)12(22-7-2)9-13(11(14)5)23-8-3/h9H,6-8H2,1-5H3,(H3,17,18)(H,19,21). The molecule has 23 heavy (non-hydrogen) atoms. The molecule has 7 heteroatoms. The molecule has 0 unspecified atom stereocenters. The Kier molecular flexibility index (Phi) is 6.68. The maximum atomic E-state index is 12.3. The molecular weight excluding hydrogens is 296 g/mol. The van der Waals surface area contributed by atoms with E-state index in [1.807, 2.05) is 27.7 Å². The van der Waals surface area contributed by atoms with E-state index in [4.69, 9.17) is 20.6 Å². The molecular formula is C16H26N4O3. The highest BCUT2D eigenvalue weighted by molar-refractivity contribution is 6.15. The van der Waals surface area contributed by atoms with Gasteiger partial charge in [-0.1, -0.05) is 0 Å². The number of anilines is 1. The first-order valence-corrected chi connectivity index (χ1v) is 7.70. The van der Waals surface area contributed by atoms with Crippen molar-refractivity contribution in [3.8, 4) is 11.5 Å². The van der Waals surface area contributed by atoms with Gasteiger partial charge in [0, 0.05) is 23.7 Å². The van der Waals surface area contributed by atoms with Crippen molar-refractivity contribution in [3.63, 3.8) is 0 Å². The van der Waals surface area contributed by atoms with Crippen LogP contribution in [0.5, 0.6) is 11.5 Å². The largest absolute Gasteiger partial charge is 0.493 e. The third-order valence-electron chi connectivity index (χ3n) is 3.31. The molecule has 0 aliphatic heterocycles. The van der Waals surface area contributed by atoms with Crippen molar-refractivity contribution in [2.45, 2.75) is 34.6 Å². The van der Waals surface area contributed by atoms with Gasteiger partial charge < -0.3 is 20.5 Å². The average Bonchev–Trinajstić information content (AvgIpc) is 2.48. The number of nitrogens with two attached hydrogens (primary N) is 1. The van der Waals surface area contributed by atoms with Gasteiger partial charge in [-0.2, -0.15) is 0 Å². The highest BCUT2D eigenvalue weighted by Crippen LogP contribution is 2.39. The van der Waals surface area contributed by atoms with Crippen molar-refractivity contribution in [1.82, 2.24) is 5.32 Å². The van der Waals surface area contributed by atoms with E-state index in [-0.39, 0.29) is 5.96 Å². The molecule has 2 amide bonds. The maximum absolute atomic E-state index is 12.3. The molecule has 0 spiro atoms. The number of carbonyl (C=O) groups is 1. The molecule has 0 fully saturated rings. The van der Waals surface area contributed by atoms with E-state index in [0.29, 0.717) is 36.9 Å². The predicted octanol–water partition coefficient (Wildman–Crippen LogP) is 2.53. The molecule has 0 aromatic heterocycles. The van der Waals surface area contributed by atoms with Crippen molar-refractivity contribution >= 4 is 17.7 Å². The number of nitrogens with zero attached hydrogens (tertiary/aromatic N) is 1. The molecule has 0 saturated carbocycles. The van der Waals surface area contributed by atoms with Gasteiger partial charge in [0.1, 0.15) is 11.5 Å². The predicted molar refractivity (Wildman–Crippen MR) is 91.7 cm³/mol. The molecule has 1 rings (SSSR count). The SMILES string of the molecule is CCNC(=O)N(C(=N)N)c1c(C)c(OCC)cc(OCC)c1C. The minimum Gasteiger partial charge on any atom is -0.493 e. The third-order valence-corrected chi connectivity index (χ3v) is 3.31. The minimum absolute atomic E-state index is 0.363. The molecule has 0 aliphatic carbocycles. The van der Waals surface area contributed by atoms with E-state index in [9.17, 15) is 4.79 Å². The van der Waals surface area contributed by atoms with E-state index in [2.05, 4.69) is 5.32 Å². The van der Waals surface area contributed by atoms with E-state index in [0.717, 1.165) is 16.0 Å². The Morgan fingerprint density at radius 3 is 2.00 bits per heavy atom. The highest BCUT2D eigenvalue weighted by Gasteiger charge is 2.26. The number of nitrogens with one attached hydrogen (secondary N) is 2. The molecule has 1 aromatic rings. The Labute approximate surface area is 137 Å². The Hall–Kier alpha value is -2.44. The van der Waals surface area contributed by atoms with Crippen LogP contribution in [-0.4, -0.2) is 31.7 Å². The van der Waals surface area contributed by atoms with Crippen LogP contribution in [0.2, 0.25) is 0 Å². The van der Waals surface area contributed by atoms with Crippen LogP contribution in [0.1, 0.15) is 31.9 Å². The first-order chi connectivity index (χ1) is 10.9. The normalized spacial score (nSPS) is 10.1. The zero-order valence-corrected chi connectivity index (χ0v) is 14.4. The summed E-state index contributed by atoms with van der Waals surface area (Å²) in [6.45, 7) is 10.6. The van der Waals surface area contributed by atoms with E-state index < -0.39 is 6.03 Å². The molecule has 0 aliphatic rings. The average molecular weight is 322 g/mol. The zero-order chi connectivity index (χ0) is 17.6. The molecule has 1 aromatic carbocycles. The molecule has 0 saturated heterocycles. The topological polar surface area (TPSA) is 101 Å². The molecule has 0 bridgehead atoms. The van der Waals surface area contributed by atoms with Gasteiger partial charge in [-0.3, -0.25) is 5.41 Å². The highest BCUT2D eigenvalue weighted by atomic mass is 16.5. The number of hydrogen-bond acceptors (Lipinski definition) is 4. The fourth-order valence-electron chi connectivity index (χ4n) is 2.36. The van der Waals surface area contributed by atoms with Crippen molar-refractivity contribution in [1.29, 1.82) is 5.41 Å². The van der Waals surface area contributed by atoms with E-state index in [1.54, 1.807) is 13.0 Å². The second kappa shape index (κ2) is 8.26. The number of benzene rings is 1. The third kappa shape index (κ3) is 4.06. The zero-order valence-electron chi connectivity index (χ0n) is 14.4. The van der Waals surface area contributed by atoms with Crippen LogP contribution in [0.25, 0.3) is 0 Å². The minimum atomic E-state index is -0.456. The number of ether oxygens (including phenoxy) is 2. The van der Waals surface area contributed by atoms with E-state index >= 15 is 0 Å². The smallest absolute Gasteiger partial charge is 0.328 e. The van der Waals surface area contributed by atoms with Crippen molar-refractivity contribution < 1.29 is 14.3 Å². The number of urea groups is 1. The fraction of sp³-hybridized carbons (Fsp3) is 0.500. The molecule has 4 N–H and O–H groups in total. The number of hydrogen-bond donors (Lipinski definition) is 3. The second-order valence-electron chi connectivity index (χ2n) is 4.89. The molecule has 128 valence electrons. The summed E-state index contributed by atoms with van der Waals surface area (Å²) in [7, 11) is 0. The fourth-order valence-corrected chi connectivity index (χ4v) is 2.36. The first kappa shape index (κ1) is 18.6. The Morgan fingerprint density at radius 1 is 1.17 bits per heavy atom. The van der Waals surface area contributed by atoms with Crippen LogP contribution in [0.15, 0.2) is 6.07 Å².